The van der Waals surface area contributed by atoms with Gasteiger partial charge < -0.3 is 14.5 Å². The number of hydrogen-bond acceptors (Lipinski definition) is 6. The van der Waals surface area contributed by atoms with Gasteiger partial charge in [-0.3, -0.25) is 4.79 Å². The molecule has 1 aromatic heterocycles. The summed E-state index contributed by atoms with van der Waals surface area (Å²) in [5.41, 5.74) is -0.186. The lowest BCUT2D eigenvalue weighted by Gasteiger charge is -2.08. The molecule has 3 rings (SSSR count). The molecule has 3 aromatic rings. The topological polar surface area (TPSA) is 107 Å². The zero-order valence-corrected chi connectivity index (χ0v) is 13.9. The van der Waals surface area contributed by atoms with E-state index in [1.54, 1.807) is 0 Å². The molecule has 0 aliphatic heterocycles. The monoisotopic (exact) mass is 354 g/mol. The van der Waals surface area contributed by atoms with E-state index in [1.165, 1.54) is 56.7 Å². The fraction of sp³-hybridized carbons (Fsp3) is 0.111. The van der Waals surface area contributed by atoms with Gasteiger partial charge in [0.2, 0.25) is 0 Å². The number of carbonyl (C=O) groups is 2. The van der Waals surface area contributed by atoms with Crippen LogP contribution in [0.2, 0.25) is 0 Å². The first-order valence-corrected chi connectivity index (χ1v) is 7.52. The van der Waals surface area contributed by atoms with E-state index in [0.29, 0.717) is 11.3 Å². The Morgan fingerprint density at radius 2 is 1.46 bits per heavy atom. The molecule has 0 amide bonds. The van der Waals surface area contributed by atoms with Crippen molar-refractivity contribution in [2.24, 2.45) is 0 Å². The standard InChI is InChI=1S/C18H14N2O6/c1-25-16(22)10-3-6-12(7-4-10)20-15(21)13-8-5-11(17(23)26-2)9-14(13)19-18(20)24/h3-9H,1-2H3,(H,19,24). The number of hydrogen-bond donors (Lipinski definition) is 1. The number of nitrogens with zero attached hydrogens (tertiary/aromatic N) is 1. The SMILES string of the molecule is COC(=O)c1ccc(-n2c(=O)[nH]c3cc(C(=O)OC)ccc3c2=O)cc1. The Bertz CT molecular complexity index is 1130. The quantitative estimate of drug-likeness (QED) is 0.710. The second-order valence-electron chi connectivity index (χ2n) is 5.36. The van der Waals surface area contributed by atoms with Gasteiger partial charge in [0, 0.05) is 0 Å². The first kappa shape index (κ1) is 17.2. The lowest BCUT2D eigenvalue weighted by molar-refractivity contribution is 0.0592. The summed E-state index contributed by atoms with van der Waals surface area (Å²) in [4.78, 5) is 50.7. The van der Waals surface area contributed by atoms with Crippen molar-refractivity contribution in [1.29, 1.82) is 0 Å². The number of benzene rings is 2. The maximum Gasteiger partial charge on any atom is 0.337 e. The van der Waals surface area contributed by atoms with Crippen LogP contribution in [-0.4, -0.2) is 35.7 Å². The summed E-state index contributed by atoms with van der Waals surface area (Å²) in [5, 5.41) is 0.231. The maximum atomic E-state index is 12.7. The maximum absolute atomic E-state index is 12.7. The summed E-state index contributed by atoms with van der Waals surface area (Å²) in [5.74, 6) is -1.10. The molecule has 2 aromatic carbocycles. The molecule has 0 saturated heterocycles. The van der Waals surface area contributed by atoms with Gasteiger partial charge in [-0.25, -0.2) is 19.0 Å². The number of fused-ring (bicyclic) bond motifs is 1. The predicted molar refractivity (Wildman–Crippen MR) is 92.8 cm³/mol. The molecule has 26 heavy (non-hydrogen) atoms. The number of methoxy groups -OCH3 is 2. The summed E-state index contributed by atoms with van der Waals surface area (Å²) in [6.07, 6.45) is 0. The van der Waals surface area contributed by atoms with E-state index in [-0.39, 0.29) is 16.5 Å². The van der Waals surface area contributed by atoms with E-state index < -0.39 is 23.2 Å². The van der Waals surface area contributed by atoms with Gasteiger partial charge in [-0.05, 0) is 42.5 Å². The van der Waals surface area contributed by atoms with Crippen molar-refractivity contribution in [2.75, 3.05) is 14.2 Å². The number of ether oxygens (including phenoxy) is 2. The molecule has 0 radical (unpaired) electrons. The lowest BCUT2D eigenvalue weighted by atomic mass is 10.1. The van der Waals surface area contributed by atoms with Crippen molar-refractivity contribution < 1.29 is 19.1 Å². The van der Waals surface area contributed by atoms with Gasteiger partial charge in [0.15, 0.2) is 0 Å². The van der Waals surface area contributed by atoms with Crippen LogP contribution in [0.15, 0.2) is 52.1 Å². The fourth-order valence-electron chi connectivity index (χ4n) is 2.56. The summed E-state index contributed by atoms with van der Waals surface area (Å²) in [7, 11) is 2.50. The summed E-state index contributed by atoms with van der Waals surface area (Å²) in [6, 6.07) is 10.1. The first-order chi connectivity index (χ1) is 12.5. The Hall–Kier alpha value is -3.68. The van der Waals surface area contributed by atoms with Gasteiger partial charge in [0.25, 0.3) is 5.56 Å². The number of aromatic amines is 1. The average molecular weight is 354 g/mol. The van der Waals surface area contributed by atoms with E-state index in [0.717, 1.165) is 4.57 Å². The van der Waals surface area contributed by atoms with E-state index in [9.17, 15) is 19.2 Å². The number of H-pyrrole nitrogens is 1. The largest absolute Gasteiger partial charge is 0.465 e. The second kappa shape index (κ2) is 6.67. The van der Waals surface area contributed by atoms with E-state index in [4.69, 9.17) is 0 Å². The molecular formula is C18H14N2O6. The third kappa shape index (κ3) is 2.88. The minimum Gasteiger partial charge on any atom is -0.465 e. The van der Waals surface area contributed by atoms with Crippen LogP contribution >= 0.6 is 0 Å². The molecule has 0 unspecified atom stereocenters. The van der Waals surface area contributed by atoms with Gasteiger partial charge in [0.05, 0.1) is 41.9 Å². The normalized spacial score (nSPS) is 10.5. The van der Waals surface area contributed by atoms with Gasteiger partial charge in [-0.15, -0.1) is 0 Å². The van der Waals surface area contributed by atoms with Crippen LogP contribution in [-0.2, 0) is 9.47 Å². The van der Waals surface area contributed by atoms with Crippen LogP contribution in [0.3, 0.4) is 0 Å². The van der Waals surface area contributed by atoms with Crippen LogP contribution in [0, 0.1) is 0 Å². The molecule has 0 saturated carbocycles. The highest BCUT2D eigenvalue weighted by Gasteiger charge is 2.13. The van der Waals surface area contributed by atoms with Gasteiger partial charge >= 0.3 is 17.6 Å². The third-order valence-electron chi connectivity index (χ3n) is 3.87. The smallest absolute Gasteiger partial charge is 0.337 e. The van der Waals surface area contributed by atoms with Crippen molar-refractivity contribution in [3.63, 3.8) is 0 Å². The average Bonchev–Trinajstić information content (AvgIpc) is 2.66. The minimum atomic E-state index is -0.671. The molecule has 0 aliphatic rings. The number of esters is 2. The Balaban J connectivity index is 2.16. The Morgan fingerprint density at radius 3 is 2.08 bits per heavy atom. The van der Waals surface area contributed by atoms with Crippen LogP contribution in [0.5, 0.6) is 0 Å². The summed E-state index contributed by atoms with van der Waals surface area (Å²) < 4.78 is 10.2. The summed E-state index contributed by atoms with van der Waals surface area (Å²) in [6.45, 7) is 0. The van der Waals surface area contributed by atoms with Crippen molar-refractivity contribution in [1.82, 2.24) is 9.55 Å². The Kier molecular flexibility index (Phi) is 4.40. The van der Waals surface area contributed by atoms with Gasteiger partial charge in [-0.1, -0.05) is 0 Å². The fourth-order valence-corrected chi connectivity index (χ4v) is 2.56. The highest BCUT2D eigenvalue weighted by Crippen LogP contribution is 2.12. The molecule has 0 fully saturated rings. The molecule has 1 N–H and O–H groups in total. The molecule has 132 valence electrons. The van der Waals surface area contributed by atoms with E-state index in [2.05, 4.69) is 14.5 Å². The van der Waals surface area contributed by atoms with Gasteiger partial charge in [0.1, 0.15) is 0 Å². The van der Waals surface area contributed by atoms with Crippen LogP contribution < -0.4 is 11.2 Å². The van der Waals surface area contributed by atoms with Crippen LogP contribution in [0.1, 0.15) is 20.7 Å². The predicted octanol–water partition coefficient (Wildman–Crippen LogP) is 1.25. The zero-order chi connectivity index (χ0) is 18.8. The second-order valence-corrected chi connectivity index (χ2v) is 5.36. The number of rotatable bonds is 3. The molecule has 8 nitrogen and oxygen atoms in total. The number of nitrogens with one attached hydrogen (secondary N) is 1. The molecular weight excluding hydrogens is 340 g/mol. The van der Waals surface area contributed by atoms with Crippen molar-refractivity contribution >= 4 is 22.8 Å². The minimum absolute atomic E-state index is 0.218. The van der Waals surface area contributed by atoms with Crippen LogP contribution in [0.25, 0.3) is 16.6 Å². The summed E-state index contributed by atoms with van der Waals surface area (Å²) >= 11 is 0. The highest BCUT2D eigenvalue weighted by molar-refractivity contribution is 5.94. The molecule has 0 bridgehead atoms. The third-order valence-corrected chi connectivity index (χ3v) is 3.87. The number of aromatic nitrogens is 2. The van der Waals surface area contributed by atoms with Crippen molar-refractivity contribution in [2.45, 2.75) is 0 Å². The number of carbonyl (C=O) groups excluding carboxylic acids is 2. The van der Waals surface area contributed by atoms with Gasteiger partial charge in [-0.2, -0.15) is 0 Å². The Labute approximate surface area is 146 Å². The molecule has 0 aliphatic carbocycles. The lowest BCUT2D eigenvalue weighted by Crippen LogP contribution is -2.33. The van der Waals surface area contributed by atoms with Crippen molar-refractivity contribution in [3.05, 3.63) is 74.4 Å². The van der Waals surface area contributed by atoms with E-state index >= 15 is 0 Å². The Morgan fingerprint density at radius 1 is 0.885 bits per heavy atom. The highest BCUT2D eigenvalue weighted by atomic mass is 16.5. The molecule has 0 atom stereocenters. The molecule has 8 heteroatoms. The zero-order valence-electron chi connectivity index (χ0n) is 13.9. The van der Waals surface area contributed by atoms with Crippen molar-refractivity contribution in [3.8, 4) is 5.69 Å². The van der Waals surface area contributed by atoms with E-state index in [1.807, 2.05) is 0 Å². The van der Waals surface area contributed by atoms with Crippen LogP contribution in [0.4, 0.5) is 0 Å². The molecule has 1 heterocycles. The first-order valence-electron chi connectivity index (χ1n) is 7.52. The molecule has 0 spiro atoms.